The molecule has 5 aromatic rings. The average Bonchev–Trinajstić information content (AvgIpc) is 3.33. The molecule has 2 aromatic heterocycles. The maximum atomic E-state index is 13.5. The molecule has 0 bridgehead atoms. The van der Waals surface area contributed by atoms with Gasteiger partial charge in [-0.2, -0.15) is 4.98 Å². The number of thioether (sulfide) groups is 1. The normalized spacial score (nSPS) is 11.1. The number of hydrogen-bond donors (Lipinski definition) is 0. The van der Waals surface area contributed by atoms with E-state index in [2.05, 4.69) is 15.1 Å². The predicted molar refractivity (Wildman–Crippen MR) is 123 cm³/mol. The molecule has 0 spiro atoms. The zero-order valence-corrected chi connectivity index (χ0v) is 18.3. The molecule has 0 aliphatic heterocycles. The highest BCUT2D eigenvalue weighted by Crippen LogP contribution is 2.26. The lowest BCUT2D eigenvalue weighted by molar-refractivity contribution is 0.391. The molecule has 0 aliphatic carbocycles. The molecule has 33 heavy (non-hydrogen) atoms. The van der Waals surface area contributed by atoms with Crippen molar-refractivity contribution >= 4 is 22.7 Å². The van der Waals surface area contributed by atoms with Gasteiger partial charge in [0.2, 0.25) is 11.7 Å². The summed E-state index contributed by atoms with van der Waals surface area (Å²) in [5.74, 6) is 1.50. The van der Waals surface area contributed by atoms with Gasteiger partial charge in [-0.15, -0.1) is 0 Å². The van der Waals surface area contributed by atoms with Crippen LogP contribution in [-0.4, -0.2) is 26.8 Å². The van der Waals surface area contributed by atoms with Crippen molar-refractivity contribution in [2.24, 2.45) is 0 Å². The quantitative estimate of drug-likeness (QED) is 0.264. The zero-order chi connectivity index (χ0) is 22.8. The highest BCUT2D eigenvalue weighted by atomic mass is 32.2. The van der Waals surface area contributed by atoms with Crippen LogP contribution in [0.4, 0.5) is 4.39 Å². The fourth-order valence-corrected chi connectivity index (χ4v) is 4.17. The molecule has 0 aliphatic rings. The first-order valence-electron chi connectivity index (χ1n) is 10.00. The average molecular weight is 460 g/mol. The lowest BCUT2D eigenvalue weighted by atomic mass is 10.2. The van der Waals surface area contributed by atoms with Crippen molar-refractivity contribution in [3.05, 3.63) is 94.9 Å². The highest BCUT2D eigenvalue weighted by Gasteiger charge is 2.16. The summed E-state index contributed by atoms with van der Waals surface area (Å²) in [6.45, 7) is 0. The van der Waals surface area contributed by atoms with Crippen molar-refractivity contribution in [1.82, 2.24) is 19.7 Å². The lowest BCUT2D eigenvalue weighted by Gasteiger charge is -2.12. The van der Waals surface area contributed by atoms with Gasteiger partial charge in [0, 0.05) is 5.56 Å². The Hall–Kier alpha value is -3.98. The van der Waals surface area contributed by atoms with E-state index in [4.69, 9.17) is 9.26 Å². The summed E-state index contributed by atoms with van der Waals surface area (Å²) < 4.78 is 25.5. The fraction of sp³-hybridized carbons (Fsp3) is 0.0833. The summed E-state index contributed by atoms with van der Waals surface area (Å²) in [5, 5.41) is 4.96. The number of aromatic nitrogens is 4. The van der Waals surface area contributed by atoms with Crippen LogP contribution in [0.1, 0.15) is 5.89 Å². The molecule has 164 valence electrons. The van der Waals surface area contributed by atoms with Gasteiger partial charge >= 0.3 is 0 Å². The molecule has 0 unspecified atom stereocenters. The molecule has 0 atom stereocenters. The standard InChI is InChI=1S/C24H17FN4O3S/c1-31-18-12-6-15(7-13-18)22-27-21(32-28-22)14-33-24-26-20-5-3-2-4-19(20)23(30)29(24)17-10-8-16(25)9-11-17/h2-13H,14H2,1H3. The van der Waals surface area contributed by atoms with E-state index < -0.39 is 0 Å². The van der Waals surface area contributed by atoms with Crippen molar-refractivity contribution in [2.75, 3.05) is 7.11 Å². The zero-order valence-electron chi connectivity index (χ0n) is 17.4. The third kappa shape index (κ3) is 4.22. The number of benzene rings is 3. The van der Waals surface area contributed by atoms with Crippen LogP contribution in [0.5, 0.6) is 5.75 Å². The molecular weight excluding hydrogens is 443 g/mol. The lowest BCUT2D eigenvalue weighted by Crippen LogP contribution is -2.21. The van der Waals surface area contributed by atoms with E-state index in [1.165, 1.54) is 28.5 Å². The molecule has 0 N–H and O–H groups in total. The van der Waals surface area contributed by atoms with Crippen LogP contribution in [0, 0.1) is 5.82 Å². The number of nitrogens with zero attached hydrogens (tertiary/aromatic N) is 4. The molecule has 0 fully saturated rings. The third-order valence-corrected chi connectivity index (χ3v) is 5.89. The van der Waals surface area contributed by atoms with E-state index >= 15 is 0 Å². The highest BCUT2D eigenvalue weighted by molar-refractivity contribution is 7.98. The first-order valence-corrected chi connectivity index (χ1v) is 11.0. The van der Waals surface area contributed by atoms with Crippen LogP contribution in [0.3, 0.4) is 0 Å². The Labute approximate surface area is 191 Å². The summed E-state index contributed by atoms with van der Waals surface area (Å²) >= 11 is 1.28. The van der Waals surface area contributed by atoms with Crippen molar-refractivity contribution in [1.29, 1.82) is 0 Å². The summed E-state index contributed by atoms with van der Waals surface area (Å²) in [6, 6.07) is 20.2. The summed E-state index contributed by atoms with van der Waals surface area (Å²) in [6.07, 6.45) is 0. The monoisotopic (exact) mass is 460 g/mol. The van der Waals surface area contributed by atoms with E-state index in [-0.39, 0.29) is 11.4 Å². The van der Waals surface area contributed by atoms with Crippen LogP contribution in [-0.2, 0) is 5.75 Å². The van der Waals surface area contributed by atoms with Crippen LogP contribution >= 0.6 is 11.8 Å². The number of rotatable bonds is 6. The van der Waals surface area contributed by atoms with Crippen LogP contribution in [0.2, 0.25) is 0 Å². The van der Waals surface area contributed by atoms with E-state index in [1.54, 1.807) is 37.4 Å². The number of ether oxygens (including phenoxy) is 1. The maximum Gasteiger partial charge on any atom is 0.266 e. The topological polar surface area (TPSA) is 83.0 Å². The number of methoxy groups -OCH3 is 1. The third-order valence-electron chi connectivity index (χ3n) is 4.97. The Morgan fingerprint density at radius 3 is 2.52 bits per heavy atom. The Morgan fingerprint density at radius 2 is 1.76 bits per heavy atom. The van der Waals surface area contributed by atoms with Gasteiger partial charge in [-0.1, -0.05) is 29.1 Å². The number of hydrogen-bond acceptors (Lipinski definition) is 7. The largest absolute Gasteiger partial charge is 0.497 e. The Kier molecular flexibility index (Phi) is 5.62. The number of halogens is 1. The minimum atomic E-state index is -0.383. The van der Waals surface area contributed by atoms with Gasteiger partial charge in [-0.25, -0.2) is 9.37 Å². The summed E-state index contributed by atoms with van der Waals surface area (Å²) in [7, 11) is 1.60. The van der Waals surface area contributed by atoms with Gasteiger partial charge in [-0.05, 0) is 60.7 Å². The molecule has 0 radical (unpaired) electrons. The maximum absolute atomic E-state index is 13.5. The Morgan fingerprint density at radius 1 is 1.00 bits per heavy atom. The minimum Gasteiger partial charge on any atom is -0.497 e. The summed E-state index contributed by atoms with van der Waals surface area (Å²) in [5.41, 5.74) is 1.65. The first kappa shape index (κ1) is 20.9. The van der Waals surface area contributed by atoms with Gasteiger partial charge in [0.05, 0.1) is 29.5 Å². The minimum absolute atomic E-state index is 0.237. The van der Waals surface area contributed by atoms with Gasteiger partial charge in [-0.3, -0.25) is 9.36 Å². The molecule has 0 saturated carbocycles. The molecule has 5 rings (SSSR count). The molecular formula is C24H17FN4O3S. The second-order valence-electron chi connectivity index (χ2n) is 7.06. The van der Waals surface area contributed by atoms with Gasteiger partial charge in [0.1, 0.15) is 11.6 Å². The smallest absolute Gasteiger partial charge is 0.266 e. The molecule has 3 aromatic carbocycles. The van der Waals surface area contributed by atoms with E-state index in [1.807, 2.05) is 30.3 Å². The van der Waals surface area contributed by atoms with Gasteiger partial charge in [0.15, 0.2) is 5.16 Å². The first-order chi connectivity index (χ1) is 16.1. The van der Waals surface area contributed by atoms with Gasteiger partial charge < -0.3 is 9.26 Å². The van der Waals surface area contributed by atoms with E-state index in [0.717, 1.165) is 11.3 Å². The fourth-order valence-electron chi connectivity index (χ4n) is 3.32. The van der Waals surface area contributed by atoms with Crippen molar-refractivity contribution < 1.29 is 13.7 Å². The van der Waals surface area contributed by atoms with Crippen LogP contribution in [0.25, 0.3) is 28.0 Å². The predicted octanol–water partition coefficient (Wildman–Crippen LogP) is 4.88. The second-order valence-corrected chi connectivity index (χ2v) is 8.00. The number of fused-ring (bicyclic) bond motifs is 1. The van der Waals surface area contributed by atoms with Crippen molar-refractivity contribution in [3.8, 4) is 22.8 Å². The van der Waals surface area contributed by atoms with E-state index in [9.17, 15) is 9.18 Å². The van der Waals surface area contributed by atoms with Crippen LogP contribution < -0.4 is 10.3 Å². The number of para-hydroxylation sites is 1. The molecule has 0 saturated heterocycles. The summed E-state index contributed by atoms with van der Waals surface area (Å²) in [4.78, 5) is 22.3. The van der Waals surface area contributed by atoms with E-state index in [0.29, 0.717) is 39.2 Å². The molecule has 2 heterocycles. The van der Waals surface area contributed by atoms with Gasteiger partial charge in [0.25, 0.3) is 5.56 Å². The second kappa shape index (κ2) is 8.87. The Bertz CT molecular complexity index is 1480. The molecule has 7 nitrogen and oxygen atoms in total. The Balaban J connectivity index is 1.47. The van der Waals surface area contributed by atoms with Crippen LogP contribution in [0.15, 0.2) is 87.3 Å². The van der Waals surface area contributed by atoms with Crippen molar-refractivity contribution in [2.45, 2.75) is 10.9 Å². The molecule has 9 heteroatoms. The van der Waals surface area contributed by atoms with Crippen molar-refractivity contribution in [3.63, 3.8) is 0 Å². The molecule has 0 amide bonds. The SMILES string of the molecule is COc1ccc(-c2noc(CSc3nc4ccccc4c(=O)n3-c3ccc(F)cc3)n2)cc1.